The minimum absolute atomic E-state index is 0. The number of aromatic nitrogens is 1. The first kappa shape index (κ1) is 27.6. The number of nitrogens with zero attached hydrogens (tertiary/aromatic N) is 3. The molecule has 1 heterocycles. The lowest BCUT2D eigenvalue weighted by Gasteiger charge is -2.25. The number of benzene rings is 2. The Kier molecular flexibility index (Phi) is 11.8. The predicted molar refractivity (Wildman–Crippen MR) is 152 cm³/mol. The molecule has 0 saturated carbocycles. The van der Waals surface area contributed by atoms with Gasteiger partial charge in [-0.2, -0.15) is 0 Å². The zero-order chi connectivity index (χ0) is 23.5. The molecule has 1 unspecified atom stereocenters. The second-order valence-corrected chi connectivity index (χ2v) is 8.37. The summed E-state index contributed by atoms with van der Waals surface area (Å²) in [6, 6.07) is 24.5. The summed E-state index contributed by atoms with van der Waals surface area (Å²) in [5, 5.41) is 6.79. The summed E-state index contributed by atoms with van der Waals surface area (Å²) >= 11 is 0. The number of halogens is 1. The molecular weight excluding hydrogens is 537 g/mol. The maximum atomic E-state index is 11.9. The first-order chi connectivity index (χ1) is 16.0. The molecule has 0 aliphatic carbocycles. The van der Waals surface area contributed by atoms with Crippen molar-refractivity contribution in [3.63, 3.8) is 0 Å². The number of aliphatic imine (C=N–C) groups is 1. The Morgan fingerprint density at radius 2 is 1.62 bits per heavy atom. The van der Waals surface area contributed by atoms with Crippen molar-refractivity contribution < 1.29 is 0 Å². The highest BCUT2D eigenvalue weighted by Crippen LogP contribution is 2.08. The quantitative estimate of drug-likeness (QED) is 0.218. The van der Waals surface area contributed by atoms with Crippen molar-refractivity contribution in [2.75, 3.05) is 20.6 Å². The van der Waals surface area contributed by atoms with E-state index in [0.717, 1.165) is 36.6 Å². The van der Waals surface area contributed by atoms with Gasteiger partial charge in [-0.05, 0) is 43.1 Å². The van der Waals surface area contributed by atoms with E-state index in [1.807, 2.05) is 12.3 Å². The topological polar surface area (TPSA) is 61.7 Å². The van der Waals surface area contributed by atoms with Gasteiger partial charge < -0.3 is 15.2 Å². The summed E-state index contributed by atoms with van der Waals surface area (Å²) < 4.78 is 1.71. The monoisotopic (exact) mass is 573 g/mol. The van der Waals surface area contributed by atoms with E-state index in [2.05, 4.69) is 89.1 Å². The average molecular weight is 574 g/mol. The van der Waals surface area contributed by atoms with Gasteiger partial charge in [-0.1, -0.05) is 60.7 Å². The highest BCUT2D eigenvalue weighted by atomic mass is 127. The van der Waals surface area contributed by atoms with Crippen molar-refractivity contribution in [2.24, 2.45) is 4.99 Å². The van der Waals surface area contributed by atoms with Crippen LogP contribution in [0.1, 0.15) is 30.0 Å². The van der Waals surface area contributed by atoms with Gasteiger partial charge >= 0.3 is 0 Å². The molecule has 182 valence electrons. The third-order valence-electron chi connectivity index (χ3n) is 5.84. The molecule has 1 atom stereocenters. The zero-order valence-corrected chi connectivity index (χ0v) is 22.6. The molecule has 0 fully saturated rings. The molecule has 2 aromatic carbocycles. The molecule has 0 amide bonds. The van der Waals surface area contributed by atoms with Crippen LogP contribution in [0, 0.1) is 0 Å². The highest BCUT2D eigenvalue weighted by molar-refractivity contribution is 14.0. The molecule has 2 N–H and O–H groups in total. The van der Waals surface area contributed by atoms with E-state index in [4.69, 9.17) is 0 Å². The molecular formula is C27H36IN5O. The standard InChI is InChI=1S/C27H35N5O.HI/c1-22(31(3)20-24-9-5-4-6-10-24)16-17-29-27(28-2)30-19-23-12-14-25(15-13-23)21-32-18-8-7-11-26(32)33;/h4-15,18,22H,16-17,19-21H2,1-3H3,(H2,28,29,30);1H. The van der Waals surface area contributed by atoms with Crippen molar-refractivity contribution in [1.29, 1.82) is 0 Å². The SMILES string of the molecule is CN=C(NCCC(C)N(C)Cc1ccccc1)NCc1ccc(Cn2ccccc2=O)cc1.I. The molecule has 7 heteroatoms. The van der Waals surface area contributed by atoms with Crippen LogP contribution in [0.2, 0.25) is 0 Å². The molecule has 0 bridgehead atoms. The fraction of sp³-hybridized carbons (Fsp3) is 0.333. The van der Waals surface area contributed by atoms with Crippen LogP contribution in [-0.2, 0) is 19.6 Å². The maximum Gasteiger partial charge on any atom is 0.250 e. The first-order valence-electron chi connectivity index (χ1n) is 11.5. The van der Waals surface area contributed by atoms with Crippen LogP contribution in [0.3, 0.4) is 0 Å². The lowest BCUT2D eigenvalue weighted by atomic mass is 10.1. The zero-order valence-electron chi connectivity index (χ0n) is 20.3. The Labute approximate surface area is 220 Å². The van der Waals surface area contributed by atoms with Crippen molar-refractivity contribution in [3.8, 4) is 0 Å². The number of rotatable bonds is 10. The molecule has 0 saturated heterocycles. The van der Waals surface area contributed by atoms with Crippen molar-refractivity contribution in [2.45, 2.75) is 39.0 Å². The Balaban J connectivity index is 0.00000408. The van der Waals surface area contributed by atoms with Crippen LogP contribution in [0.15, 0.2) is 88.8 Å². The minimum atomic E-state index is 0. The number of pyridine rings is 1. The van der Waals surface area contributed by atoms with Gasteiger partial charge in [0.15, 0.2) is 5.96 Å². The van der Waals surface area contributed by atoms with E-state index >= 15 is 0 Å². The lowest BCUT2D eigenvalue weighted by molar-refractivity contribution is 0.238. The van der Waals surface area contributed by atoms with Crippen LogP contribution in [0.5, 0.6) is 0 Å². The Morgan fingerprint density at radius 1 is 0.941 bits per heavy atom. The van der Waals surface area contributed by atoms with E-state index in [0.29, 0.717) is 19.1 Å². The van der Waals surface area contributed by atoms with Crippen molar-refractivity contribution in [1.82, 2.24) is 20.1 Å². The maximum absolute atomic E-state index is 11.9. The van der Waals surface area contributed by atoms with Gasteiger partial charge in [0.05, 0.1) is 6.54 Å². The minimum Gasteiger partial charge on any atom is -0.356 e. The molecule has 0 aliphatic rings. The van der Waals surface area contributed by atoms with Gasteiger partial charge in [0.2, 0.25) is 0 Å². The molecule has 3 rings (SSSR count). The van der Waals surface area contributed by atoms with Crippen molar-refractivity contribution >= 4 is 29.9 Å². The van der Waals surface area contributed by atoms with E-state index in [-0.39, 0.29) is 29.5 Å². The van der Waals surface area contributed by atoms with Crippen LogP contribution in [0.4, 0.5) is 0 Å². The highest BCUT2D eigenvalue weighted by Gasteiger charge is 2.10. The molecule has 3 aromatic rings. The molecule has 0 aliphatic heterocycles. The van der Waals surface area contributed by atoms with Crippen molar-refractivity contribution in [3.05, 3.63) is 106 Å². The second-order valence-electron chi connectivity index (χ2n) is 8.37. The summed E-state index contributed by atoms with van der Waals surface area (Å²) in [6.45, 7) is 5.32. The average Bonchev–Trinajstić information content (AvgIpc) is 2.84. The van der Waals surface area contributed by atoms with Gasteiger partial charge in [0.1, 0.15) is 0 Å². The summed E-state index contributed by atoms with van der Waals surface area (Å²) in [5.41, 5.74) is 3.61. The smallest absolute Gasteiger partial charge is 0.250 e. The van der Waals surface area contributed by atoms with E-state index < -0.39 is 0 Å². The van der Waals surface area contributed by atoms with Gasteiger partial charge in [-0.3, -0.25) is 14.7 Å². The second kappa shape index (κ2) is 14.6. The van der Waals surface area contributed by atoms with Crippen LogP contribution >= 0.6 is 24.0 Å². The van der Waals surface area contributed by atoms with E-state index in [1.165, 1.54) is 5.56 Å². The third-order valence-corrected chi connectivity index (χ3v) is 5.84. The predicted octanol–water partition coefficient (Wildman–Crippen LogP) is 4.09. The van der Waals surface area contributed by atoms with E-state index in [1.54, 1.807) is 23.7 Å². The Bertz CT molecular complexity index is 1070. The van der Waals surface area contributed by atoms with Gasteiger partial charge in [0, 0.05) is 45.0 Å². The Hall–Kier alpha value is -2.65. The van der Waals surface area contributed by atoms with Crippen LogP contribution in [0.25, 0.3) is 0 Å². The number of hydrogen-bond donors (Lipinski definition) is 2. The number of hydrogen-bond acceptors (Lipinski definition) is 3. The molecule has 1 aromatic heterocycles. The molecule has 0 radical (unpaired) electrons. The lowest BCUT2D eigenvalue weighted by Crippen LogP contribution is -2.39. The van der Waals surface area contributed by atoms with Gasteiger partial charge in [-0.15, -0.1) is 24.0 Å². The molecule has 6 nitrogen and oxygen atoms in total. The van der Waals surface area contributed by atoms with Gasteiger partial charge in [-0.25, -0.2) is 0 Å². The largest absolute Gasteiger partial charge is 0.356 e. The molecule has 34 heavy (non-hydrogen) atoms. The molecule has 0 spiro atoms. The normalized spacial score (nSPS) is 12.2. The first-order valence-corrected chi connectivity index (χ1v) is 11.5. The Morgan fingerprint density at radius 3 is 2.29 bits per heavy atom. The summed E-state index contributed by atoms with van der Waals surface area (Å²) in [4.78, 5) is 18.6. The number of nitrogens with one attached hydrogen (secondary N) is 2. The third kappa shape index (κ3) is 8.95. The van der Waals surface area contributed by atoms with Crippen LogP contribution in [-0.4, -0.2) is 42.1 Å². The fourth-order valence-electron chi connectivity index (χ4n) is 3.60. The van der Waals surface area contributed by atoms with Crippen LogP contribution < -0.4 is 16.2 Å². The summed E-state index contributed by atoms with van der Waals surface area (Å²) in [6.07, 6.45) is 2.84. The van der Waals surface area contributed by atoms with E-state index in [9.17, 15) is 4.79 Å². The summed E-state index contributed by atoms with van der Waals surface area (Å²) in [7, 11) is 3.96. The summed E-state index contributed by atoms with van der Waals surface area (Å²) in [5.74, 6) is 0.799. The fourth-order valence-corrected chi connectivity index (χ4v) is 3.60. The van der Waals surface area contributed by atoms with Gasteiger partial charge in [0.25, 0.3) is 5.56 Å². The number of guanidine groups is 1.